The summed E-state index contributed by atoms with van der Waals surface area (Å²) in [4.78, 5) is 0. The fourth-order valence-electron chi connectivity index (χ4n) is 3.17. The van der Waals surface area contributed by atoms with Crippen LogP contribution in [-0.2, 0) is 6.54 Å². The molecule has 0 aromatic heterocycles. The summed E-state index contributed by atoms with van der Waals surface area (Å²) in [6, 6.07) is 4.62. The molecular weight excluding hydrogens is 274 g/mol. The third-order valence-corrected chi connectivity index (χ3v) is 4.97. The zero-order chi connectivity index (χ0) is 14.1. The van der Waals surface area contributed by atoms with Gasteiger partial charge in [0.05, 0.1) is 5.02 Å². The molecule has 3 rings (SSSR count). The van der Waals surface area contributed by atoms with Crippen molar-refractivity contribution in [2.75, 3.05) is 13.2 Å². The van der Waals surface area contributed by atoms with Crippen molar-refractivity contribution in [2.45, 2.75) is 39.3 Å². The molecule has 1 aliphatic heterocycles. The van der Waals surface area contributed by atoms with Gasteiger partial charge in [-0.15, -0.1) is 0 Å². The van der Waals surface area contributed by atoms with Crippen molar-refractivity contribution in [2.24, 2.45) is 11.8 Å². The summed E-state index contributed by atoms with van der Waals surface area (Å²) in [5.41, 5.74) is 1.16. The highest BCUT2D eigenvalue weighted by Crippen LogP contribution is 2.38. The summed E-state index contributed by atoms with van der Waals surface area (Å²) in [6.45, 7) is 6.68. The van der Waals surface area contributed by atoms with Crippen molar-refractivity contribution < 1.29 is 9.47 Å². The van der Waals surface area contributed by atoms with E-state index in [1.165, 1.54) is 12.8 Å². The fraction of sp³-hybridized carbons (Fsp3) is 0.625. The summed E-state index contributed by atoms with van der Waals surface area (Å²) in [6.07, 6.45) is 2.58. The molecule has 4 heteroatoms. The van der Waals surface area contributed by atoms with Crippen LogP contribution in [-0.4, -0.2) is 19.3 Å². The highest BCUT2D eigenvalue weighted by molar-refractivity contribution is 6.32. The lowest BCUT2D eigenvalue weighted by Crippen LogP contribution is -2.31. The molecule has 110 valence electrons. The maximum absolute atomic E-state index is 6.26. The third-order valence-electron chi connectivity index (χ3n) is 4.69. The van der Waals surface area contributed by atoms with Crippen LogP contribution < -0.4 is 14.8 Å². The fourth-order valence-corrected chi connectivity index (χ4v) is 3.46. The topological polar surface area (TPSA) is 30.5 Å². The highest BCUT2D eigenvalue weighted by Gasteiger charge is 2.29. The van der Waals surface area contributed by atoms with E-state index in [4.69, 9.17) is 21.1 Å². The minimum absolute atomic E-state index is 0.571. The summed E-state index contributed by atoms with van der Waals surface area (Å²) in [7, 11) is 0. The molecule has 1 aliphatic carbocycles. The van der Waals surface area contributed by atoms with Gasteiger partial charge in [-0.2, -0.15) is 0 Å². The largest absolute Gasteiger partial charge is 0.486 e. The first-order valence-electron chi connectivity index (χ1n) is 7.46. The van der Waals surface area contributed by atoms with Gasteiger partial charge in [-0.25, -0.2) is 0 Å². The molecule has 20 heavy (non-hydrogen) atoms. The summed E-state index contributed by atoms with van der Waals surface area (Å²) in [5, 5.41) is 4.30. The van der Waals surface area contributed by atoms with Crippen LogP contribution in [0.1, 0.15) is 32.3 Å². The van der Waals surface area contributed by atoms with E-state index < -0.39 is 0 Å². The van der Waals surface area contributed by atoms with E-state index >= 15 is 0 Å². The Balaban J connectivity index is 1.67. The average Bonchev–Trinajstić information content (AvgIpc) is 2.77. The van der Waals surface area contributed by atoms with Gasteiger partial charge in [0.15, 0.2) is 11.5 Å². The normalized spacial score (nSPS) is 28.6. The van der Waals surface area contributed by atoms with Crippen LogP contribution in [0.3, 0.4) is 0 Å². The van der Waals surface area contributed by atoms with E-state index in [-0.39, 0.29) is 0 Å². The van der Waals surface area contributed by atoms with Crippen molar-refractivity contribution in [1.82, 2.24) is 5.32 Å². The van der Waals surface area contributed by atoms with Crippen molar-refractivity contribution in [3.8, 4) is 11.5 Å². The van der Waals surface area contributed by atoms with Gasteiger partial charge in [0.1, 0.15) is 13.2 Å². The van der Waals surface area contributed by atoms with E-state index in [0.717, 1.165) is 29.7 Å². The number of fused-ring (bicyclic) bond motifs is 1. The Morgan fingerprint density at radius 1 is 1.20 bits per heavy atom. The van der Waals surface area contributed by atoms with E-state index in [0.29, 0.717) is 30.0 Å². The highest BCUT2D eigenvalue weighted by atomic mass is 35.5. The van der Waals surface area contributed by atoms with Crippen LogP contribution in [0.25, 0.3) is 0 Å². The molecule has 1 saturated carbocycles. The van der Waals surface area contributed by atoms with Crippen molar-refractivity contribution in [3.63, 3.8) is 0 Å². The van der Waals surface area contributed by atoms with Crippen LogP contribution >= 0.6 is 11.6 Å². The Morgan fingerprint density at radius 3 is 2.75 bits per heavy atom. The summed E-state index contributed by atoms with van der Waals surface area (Å²) >= 11 is 6.26. The van der Waals surface area contributed by atoms with Gasteiger partial charge >= 0.3 is 0 Å². The van der Waals surface area contributed by atoms with Crippen LogP contribution in [0.4, 0.5) is 0 Å². The summed E-state index contributed by atoms with van der Waals surface area (Å²) < 4.78 is 11.2. The molecule has 3 unspecified atom stereocenters. The van der Waals surface area contributed by atoms with E-state index in [9.17, 15) is 0 Å². The number of hydrogen-bond acceptors (Lipinski definition) is 3. The van der Waals surface area contributed by atoms with Gasteiger partial charge in [-0.05, 0) is 42.4 Å². The molecule has 0 spiro atoms. The smallest absolute Gasteiger partial charge is 0.179 e. The molecule has 0 amide bonds. The molecule has 0 saturated heterocycles. The molecule has 0 radical (unpaired) electrons. The maximum Gasteiger partial charge on any atom is 0.179 e. The molecule has 0 bridgehead atoms. The van der Waals surface area contributed by atoms with Crippen molar-refractivity contribution in [3.05, 3.63) is 22.7 Å². The molecule has 1 N–H and O–H groups in total. The monoisotopic (exact) mass is 295 g/mol. The van der Waals surface area contributed by atoms with E-state index in [1.54, 1.807) is 0 Å². The minimum atomic E-state index is 0.571. The predicted molar refractivity (Wildman–Crippen MR) is 80.6 cm³/mol. The Morgan fingerprint density at radius 2 is 2.00 bits per heavy atom. The maximum atomic E-state index is 6.26. The second kappa shape index (κ2) is 5.82. The first-order chi connectivity index (χ1) is 9.65. The Hall–Kier alpha value is -0.930. The molecular formula is C16H22ClNO2. The number of benzene rings is 1. The quantitative estimate of drug-likeness (QED) is 0.923. The van der Waals surface area contributed by atoms with E-state index in [2.05, 4.69) is 19.2 Å². The second-order valence-electron chi connectivity index (χ2n) is 6.00. The standard InChI is InChI=1S/C16H22ClNO2/c1-10-3-4-14(11(10)2)18-9-12-7-13(17)16-15(8-12)19-5-6-20-16/h7-8,10-11,14,18H,3-6,9H2,1-2H3. The molecule has 1 aromatic rings. The Bertz CT molecular complexity index is 492. The lowest BCUT2D eigenvalue weighted by Gasteiger charge is -2.22. The van der Waals surface area contributed by atoms with Crippen LogP contribution in [0, 0.1) is 11.8 Å². The van der Waals surface area contributed by atoms with Gasteiger partial charge in [0.2, 0.25) is 0 Å². The van der Waals surface area contributed by atoms with Gasteiger partial charge in [0, 0.05) is 12.6 Å². The zero-order valence-corrected chi connectivity index (χ0v) is 12.9. The number of hydrogen-bond donors (Lipinski definition) is 1. The minimum Gasteiger partial charge on any atom is -0.486 e. The molecule has 1 aromatic carbocycles. The van der Waals surface area contributed by atoms with Crippen LogP contribution in [0.2, 0.25) is 5.02 Å². The second-order valence-corrected chi connectivity index (χ2v) is 6.41. The average molecular weight is 296 g/mol. The van der Waals surface area contributed by atoms with Gasteiger partial charge < -0.3 is 14.8 Å². The molecule has 3 nitrogen and oxygen atoms in total. The number of ether oxygens (including phenoxy) is 2. The van der Waals surface area contributed by atoms with Crippen LogP contribution in [0.15, 0.2) is 12.1 Å². The zero-order valence-electron chi connectivity index (χ0n) is 12.1. The summed E-state index contributed by atoms with van der Waals surface area (Å²) in [5.74, 6) is 3.01. The first-order valence-corrected chi connectivity index (χ1v) is 7.84. The van der Waals surface area contributed by atoms with E-state index in [1.807, 2.05) is 12.1 Å². The number of rotatable bonds is 3. The van der Waals surface area contributed by atoms with Gasteiger partial charge in [-0.3, -0.25) is 0 Å². The van der Waals surface area contributed by atoms with Crippen LogP contribution in [0.5, 0.6) is 11.5 Å². The lowest BCUT2D eigenvalue weighted by atomic mass is 9.97. The third kappa shape index (κ3) is 2.75. The van der Waals surface area contributed by atoms with Gasteiger partial charge in [0.25, 0.3) is 0 Å². The van der Waals surface area contributed by atoms with Crippen molar-refractivity contribution >= 4 is 11.6 Å². The Kier molecular flexibility index (Phi) is 4.08. The number of nitrogens with one attached hydrogen (secondary N) is 1. The molecule has 2 aliphatic rings. The lowest BCUT2D eigenvalue weighted by molar-refractivity contribution is 0.171. The number of halogens is 1. The van der Waals surface area contributed by atoms with Crippen molar-refractivity contribution in [1.29, 1.82) is 0 Å². The predicted octanol–water partition coefficient (Wildman–Crippen LogP) is 3.64. The SMILES string of the molecule is CC1CCC(NCc2cc(Cl)c3c(c2)OCCO3)C1C. The molecule has 1 heterocycles. The first kappa shape index (κ1) is 14.0. The van der Waals surface area contributed by atoms with Gasteiger partial charge in [-0.1, -0.05) is 25.4 Å². The molecule has 3 atom stereocenters. The Labute approximate surface area is 125 Å². The molecule has 1 fully saturated rings.